The molecule has 4 heteroatoms. The van der Waals surface area contributed by atoms with E-state index in [1.807, 2.05) is 24.3 Å². The summed E-state index contributed by atoms with van der Waals surface area (Å²) in [6.45, 7) is 4.80. The summed E-state index contributed by atoms with van der Waals surface area (Å²) in [5, 5.41) is 0. The van der Waals surface area contributed by atoms with E-state index in [0.29, 0.717) is 12.5 Å². The summed E-state index contributed by atoms with van der Waals surface area (Å²) < 4.78 is 5.09. The number of ether oxygens (including phenoxy) is 1. The average Bonchev–Trinajstić information content (AvgIpc) is 2.35. The molecule has 0 aliphatic carbocycles. The van der Waals surface area contributed by atoms with E-state index in [-0.39, 0.29) is 11.8 Å². The predicted molar refractivity (Wildman–Crippen MR) is 70.9 cm³/mol. The minimum absolute atomic E-state index is 0.00124. The van der Waals surface area contributed by atoms with Crippen molar-refractivity contribution < 1.29 is 9.53 Å². The van der Waals surface area contributed by atoms with E-state index < -0.39 is 0 Å². The lowest BCUT2D eigenvalue weighted by Gasteiger charge is -2.24. The minimum atomic E-state index is -0.0782. The van der Waals surface area contributed by atoms with Crippen molar-refractivity contribution in [2.24, 2.45) is 5.92 Å². The maximum atomic E-state index is 11.8. The molecule has 0 aromatic heterocycles. The van der Waals surface area contributed by atoms with E-state index >= 15 is 0 Å². The Morgan fingerprint density at radius 1 is 1.35 bits per heavy atom. The van der Waals surface area contributed by atoms with Crippen molar-refractivity contribution in [2.45, 2.75) is 13.8 Å². The second-order valence-electron chi connectivity index (χ2n) is 4.23. The maximum Gasteiger partial charge on any atom is 0.241 e. The second-order valence-corrected chi connectivity index (χ2v) is 4.50. The average molecular weight is 256 g/mol. The number of halogens is 1. The Balaban J connectivity index is 2.91. The minimum Gasteiger partial charge on any atom is -0.497 e. The zero-order valence-corrected chi connectivity index (χ0v) is 11.2. The molecular weight excluding hydrogens is 238 g/mol. The third-order valence-electron chi connectivity index (χ3n) is 2.35. The highest BCUT2D eigenvalue weighted by Gasteiger charge is 2.15. The summed E-state index contributed by atoms with van der Waals surface area (Å²) in [6, 6.07) is 7.41. The normalized spacial score (nSPS) is 10.4. The lowest BCUT2D eigenvalue weighted by molar-refractivity contribution is -0.116. The Hall–Kier alpha value is -1.22. The highest BCUT2D eigenvalue weighted by atomic mass is 35.5. The quantitative estimate of drug-likeness (QED) is 0.757. The smallest absolute Gasteiger partial charge is 0.241 e. The Morgan fingerprint density at radius 3 is 2.35 bits per heavy atom. The van der Waals surface area contributed by atoms with Crippen LogP contribution in [0.1, 0.15) is 13.8 Å². The molecule has 0 saturated heterocycles. The van der Waals surface area contributed by atoms with Crippen molar-refractivity contribution >= 4 is 23.2 Å². The molecule has 0 radical (unpaired) electrons. The molecule has 1 rings (SSSR count). The van der Waals surface area contributed by atoms with Gasteiger partial charge in [-0.15, -0.1) is 11.6 Å². The Morgan fingerprint density at radius 2 is 1.94 bits per heavy atom. The van der Waals surface area contributed by atoms with Gasteiger partial charge in [0.2, 0.25) is 5.91 Å². The van der Waals surface area contributed by atoms with Crippen LogP contribution in [0.2, 0.25) is 0 Å². The Kier molecular flexibility index (Phi) is 5.29. The number of anilines is 1. The molecule has 0 heterocycles. The van der Waals surface area contributed by atoms with Gasteiger partial charge in [0.25, 0.3) is 0 Å². The molecule has 0 unspecified atom stereocenters. The zero-order chi connectivity index (χ0) is 12.8. The SMILES string of the molecule is COc1ccc(N(CC(C)C)C(=O)CCl)cc1. The van der Waals surface area contributed by atoms with Crippen LogP contribution in [0.4, 0.5) is 5.69 Å². The van der Waals surface area contributed by atoms with Gasteiger partial charge in [0, 0.05) is 12.2 Å². The van der Waals surface area contributed by atoms with Gasteiger partial charge in [0.05, 0.1) is 7.11 Å². The van der Waals surface area contributed by atoms with Gasteiger partial charge in [-0.25, -0.2) is 0 Å². The lowest BCUT2D eigenvalue weighted by Crippen LogP contribution is -2.35. The summed E-state index contributed by atoms with van der Waals surface area (Å²) in [5.74, 6) is 1.09. The fraction of sp³-hybridized carbons (Fsp3) is 0.462. The molecule has 1 aromatic carbocycles. The molecular formula is C13H18ClNO2. The first kappa shape index (κ1) is 13.8. The molecule has 0 bridgehead atoms. The van der Waals surface area contributed by atoms with Crippen LogP contribution in [0.15, 0.2) is 24.3 Å². The number of hydrogen-bond acceptors (Lipinski definition) is 2. The molecule has 0 atom stereocenters. The molecule has 0 N–H and O–H groups in total. The lowest BCUT2D eigenvalue weighted by atomic mass is 10.2. The third kappa shape index (κ3) is 3.93. The molecule has 3 nitrogen and oxygen atoms in total. The van der Waals surface area contributed by atoms with Crippen LogP contribution >= 0.6 is 11.6 Å². The van der Waals surface area contributed by atoms with Crippen LogP contribution in [0.25, 0.3) is 0 Å². The molecule has 0 spiro atoms. The third-order valence-corrected chi connectivity index (χ3v) is 2.58. The van der Waals surface area contributed by atoms with Gasteiger partial charge in [-0.2, -0.15) is 0 Å². The molecule has 0 fully saturated rings. The number of rotatable bonds is 5. The van der Waals surface area contributed by atoms with Crippen molar-refractivity contribution in [2.75, 3.05) is 24.4 Å². The van der Waals surface area contributed by atoms with Crippen molar-refractivity contribution in [3.05, 3.63) is 24.3 Å². The Labute approximate surface area is 107 Å². The number of carbonyl (C=O) groups is 1. The summed E-state index contributed by atoms with van der Waals surface area (Å²) in [4.78, 5) is 13.5. The summed E-state index contributed by atoms with van der Waals surface area (Å²) >= 11 is 5.62. The summed E-state index contributed by atoms with van der Waals surface area (Å²) in [6.07, 6.45) is 0. The number of hydrogen-bond donors (Lipinski definition) is 0. The zero-order valence-electron chi connectivity index (χ0n) is 10.4. The van der Waals surface area contributed by atoms with Crippen LogP contribution in [0.3, 0.4) is 0 Å². The van der Waals surface area contributed by atoms with Crippen LogP contribution in [0.5, 0.6) is 5.75 Å². The van der Waals surface area contributed by atoms with Gasteiger partial charge in [0.15, 0.2) is 0 Å². The second kappa shape index (κ2) is 6.50. The van der Waals surface area contributed by atoms with Crippen LogP contribution in [-0.4, -0.2) is 25.4 Å². The summed E-state index contributed by atoms with van der Waals surface area (Å²) in [7, 11) is 1.62. The molecule has 94 valence electrons. The Bertz CT molecular complexity index is 362. The van der Waals surface area contributed by atoms with E-state index in [1.54, 1.807) is 12.0 Å². The molecule has 0 saturated carbocycles. The van der Waals surface area contributed by atoms with E-state index in [0.717, 1.165) is 11.4 Å². The van der Waals surface area contributed by atoms with Gasteiger partial charge in [-0.3, -0.25) is 4.79 Å². The first-order valence-electron chi connectivity index (χ1n) is 5.59. The summed E-state index contributed by atoms with van der Waals surface area (Å²) in [5.41, 5.74) is 0.852. The first-order chi connectivity index (χ1) is 8.08. The van der Waals surface area contributed by atoms with Crippen molar-refractivity contribution in [3.63, 3.8) is 0 Å². The van der Waals surface area contributed by atoms with Crippen molar-refractivity contribution in [1.29, 1.82) is 0 Å². The first-order valence-corrected chi connectivity index (χ1v) is 6.12. The number of benzene rings is 1. The van der Waals surface area contributed by atoms with Gasteiger partial charge >= 0.3 is 0 Å². The fourth-order valence-electron chi connectivity index (χ4n) is 1.55. The predicted octanol–water partition coefficient (Wildman–Crippen LogP) is 2.92. The van der Waals surface area contributed by atoms with Gasteiger partial charge in [-0.1, -0.05) is 13.8 Å². The molecule has 1 aromatic rings. The largest absolute Gasteiger partial charge is 0.497 e. The molecule has 1 amide bonds. The number of methoxy groups -OCH3 is 1. The molecule has 0 aliphatic rings. The van der Waals surface area contributed by atoms with Gasteiger partial charge in [-0.05, 0) is 30.2 Å². The van der Waals surface area contributed by atoms with E-state index in [2.05, 4.69) is 13.8 Å². The van der Waals surface area contributed by atoms with Gasteiger partial charge < -0.3 is 9.64 Å². The fourth-order valence-corrected chi connectivity index (χ4v) is 1.69. The molecule has 17 heavy (non-hydrogen) atoms. The van der Waals surface area contributed by atoms with Gasteiger partial charge in [0.1, 0.15) is 11.6 Å². The number of nitrogens with zero attached hydrogens (tertiary/aromatic N) is 1. The van der Waals surface area contributed by atoms with E-state index in [9.17, 15) is 4.79 Å². The van der Waals surface area contributed by atoms with Crippen LogP contribution in [-0.2, 0) is 4.79 Å². The van der Waals surface area contributed by atoms with Crippen LogP contribution in [0, 0.1) is 5.92 Å². The topological polar surface area (TPSA) is 29.5 Å². The molecule has 0 aliphatic heterocycles. The van der Waals surface area contributed by atoms with E-state index in [4.69, 9.17) is 16.3 Å². The number of alkyl halides is 1. The van der Waals surface area contributed by atoms with Crippen molar-refractivity contribution in [3.8, 4) is 5.75 Å². The highest BCUT2D eigenvalue weighted by Crippen LogP contribution is 2.20. The van der Waals surface area contributed by atoms with Crippen LogP contribution < -0.4 is 9.64 Å². The monoisotopic (exact) mass is 255 g/mol. The van der Waals surface area contributed by atoms with E-state index in [1.165, 1.54) is 0 Å². The number of amides is 1. The number of carbonyl (C=O) groups excluding carboxylic acids is 1. The maximum absolute atomic E-state index is 11.8. The standard InChI is InChI=1S/C13H18ClNO2/c1-10(2)9-15(13(16)8-14)11-4-6-12(17-3)7-5-11/h4-7,10H,8-9H2,1-3H3. The van der Waals surface area contributed by atoms with Crippen molar-refractivity contribution in [1.82, 2.24) is 0 Å². The highest BCUT2D eigenvalue weighted by molar-refractivity contribution is 6.29.